The number of hydrogen-bond acceptors (Lipinski definition) is 5. The highest BCUT2D eigenvalue weighted by molar-refractivity contribution is 7.89. The Balaban J connectivity index is 2.66. The lowest BCUT2D eigenvalue weighted by molar-refractivity contribution is 0.396. The van der Waals surface area contributed by atoms with E-state index in [9.17, 15) is 8.42 Å². The number of benzene rings is 1. The lowest BCUT2D eigenvalue weighted by atomic mass is 10.1. The van der Waals surface area contributed by atoms with E-state index in [1.165, 1.54) is 0 Å². The fourth-order valence-electron chi connectivity index (χ4n) is 1.68. The van der Waals surface area contributed by atoms with Gasteiger partial charge in [0.15, 0.2) is 21.4 Å². The van der Waals surface area contributed by atoms with Crippen molar-refractivity contribution in [2.45, 2.75) is 5.75 Å². The minimum absolute atomic E-state index is 0.0497. The average Bonchev–Trinajstić information content (AvgIpc) is 2.59. The van der Waals surface area contributed by atoms with Crippen LogP contribution in [-0.2, 0) is 15.6 Å². The van der Waals surface area contributed by atoms with Gasteiger partial charge in [-0.05, 0) is 12.1 Å². The Bertz CT molecular complexity index is 705. The van der Waals surface area contributed by atoms with E-state index in [2.05, 4.69) is 5.16 Å². The number of sulfone groups is 1. The molecule has 2 N–H and O–H groups in total. The number of nitrogens with zero attached hydrogens (tertiary/aromatic N) is 1. The van der Waals surface area contributed by atoms with Gasteiger partial charge >= 0.3 is 0 Å². The van der Waals surface area contributed by atoms with Crippen LogP contribution in [0.15, 0.2) is 22.7 Å². The maximum atomic E-state index is 11.4. The smallest absolute Gasteiger partial charge is 0.175 e. The number of hydrogen-bond donors (Lipinski definition) is 1. The van der Waals surface area contributed by atoms with E-state index in [4.69, 9.17) is 33.5 Å². The Kier molecular flexibility index (Phi) is 3.75. The predicted octanol–water partition coefficient (Wildman–Crippen LogP) is 2.78. The molecule has 0 aliphatic rings. The molecule has 19 heavy (non-hydrogen) atoms. The van der Waals surface area contributed by atoms with E-state index >= 15 is 0 Å². The molecule has 0 atom stereocenters. The highest BCUT2D eigenvalue weighted by atomic mass is 35.5. The first kappa shape index (κ1) is 14.2. The molecule has 8 heteroatoms. The van der Waals surface area contributed by atoms with Crippen molar-refractivity contribution in [1.82, 2.24) is 5.16 Å². The van der Waals surface area contributed by atoms with Crippen LogP contribution in [-0.4, -0.2) is 19.8 Å². The minimum atomic E-state index is -3.30. The van der Waals surface area contributed by atoms with Crippen molar-refractivity contribution < 1.29 is 12.9 Å². The van der Waals surface area contributed by atoms with Crippen LogP contribution in [0, 0.1) is 0 Å². The molecule has 0 spiro atoms. The summed E-state index contributed by atoms with van der Waals surface area (Å²) in [6, 6.07) is 4.92. The van der Waals surface area contributed by atoms with Crippen LogP contribution in [0.4, 0.5) is 5.82 Å². The molecule has 0 radical (unpaired) electrons. The van der Waals surface area contributed by atoms with Crippen LogP contribution in [0.1, 0.15) is 5.76 Å². The summed E-state index contributed by atoms with van der Waals surface area (Å²) >= 11 is 12.2. The van der Waals surface area contributed by atoms with Gasteiger partial charge in [0.25, 0.3) is 0 Å². The van der Waals surface area contributed by atoms with Crippen molar-refractivity contribution in [3.05, 3.63) is 34.0 Å². The molecule has 1 aromatic heterocycles. The van der Waals surface area contributed by atoms with Gasteiger partial charge in [0.05, 0.1) is 15.6 Å². The van der Waals surface area contributed by atoms with Crippen LogP contribution >= 0.6 is 23.2 Å². The first-order chi connectivity index (χ1) is 8.79. The van der Waals surface area contributed by atoms with Crippen LogP contribution in [0.3, 0.4) is 0 Å². The SMILES string of the molecule is CS(=O)(=O)Cc1onc(N)c1-c1c(Cl)cccc1Cl. The summed E-state index contributed by atoms with van der Waals surface area (Å²) < 4.78 is 27.7. The van der Waals surface area contributed by atoms with Gasteiger partial charge in [-0.15, -0.1) is 0 Å². The lowest BCUT2D eigenvalue weighted by Crippen LogP contribution is -2.01. The second-order valence-corrected chi connectivity index (χ2v) is 6.99. The molecule has 0 amide bonds. The zero-order chi connectivity index (χ0) is 14.2. The molecule has 0 saturated carbocycles. The summed E-state index contributed by atoms with van der Waals surface area (Å²) in [4.78, 5) is 0. The first-order valence-electron chi connectivity index (χ1n) is 5.15. The summed E-state index contributed by atoms with van der Waals surface area (Å²) in [5.74, 6) is -0.155. The van der Waals surface area contributed by atoms with Crippen molar-refractivity contribution in [1.29, 1.82) is 0 Å². The van der Waals surface area contributed by atoms with Gasteiger partial charge in [-0.3, -0.25) is 0 Å². The number of aromatic nitrogens is 1. The van der Waals surface area contributed by atoms with Gasteiger partial charge < -0.3 is 10.3 Å². The van der Waals surface area contributed by atoms with Gasteiger partial charge in [0.2, 0.25) is 0 Å². The summed E-state index contributed by atoms with van der Waals surface area (Å²) in [6.07, 6.45) is 1.09. The Hall–Kier alpha value is -1.24. The van der Waals surface area contributed by atoms with Gasteiger partial charge in [0, 0.05) is 11.8 Å². The minimum Gasteiger partial charge on any atom is -0.380 e. The second kappa shape index (κ2) is 5.03. The number of rotatable bonds is 3. The molecule has 0 fully saturated rings. The van der Waals surface area contributed by atoms with Crippen molar-refractivity contribution in [3.8, 4) is 11.1 Å². The predicted molar refractivity (Wildman–Crippen MR) is 74.9 cm³/mol. The van der Waals surface area contributed by atoms with E-state index in [-0.39, 0.29) is 17.3 Å². The molecule has 0 aliphatic carbocycles. The number of anilines is 1. The van der Waals surface area contributed by atoms with E-state index < -0.39 is 9.84 Å². The zero-order valence-electron chi connectivity index (χ0n) is 9.85. The molecule has 0 unspecified atom stereocenters. The summed E-state index contributed by atoms with van der Waals surface area (Å²) in [5, 5.41) is 4.27. The highest BCUT2D eigenvalue weighted by Crippen LogP contribution is 2.40. The topological polar surface area (TPSA) is 86.2 Å². The standard InChI is InChI=1S/C11H10Cl2N2O3S/c1-19(16,17)5-8-10(11(14)15-18-8)9-6(12)3-2-4-7(9)13/h2-4H,5H2,1H3,(H2,14,15). The first-order valence-corrected chi connectivity index (χ1v) is 7.97. The van der Waals surface area contributed by atoms with E-state index in [1.807, 2.05) is 0 Å². The van der Waals surface area contributed by atoms with Crippen molar-refractivity contribution in [2.75, 3.05) is 12.0 Å². The quantitative estimate of drug-likeness (QED) is 0.939. The van der Waals surface area contributed by atoms with E-state index in [1.54, 1.807) is 18.2 Å². The van der Waals surface area contributed by atoms with Crippen molar-refractivity contribution in [3.63, 3.8) is 0 Å². The molecule has 0 bridgehead atoms. The third-order valence-electron chi connectivity index (χ3n) is 2.40. The highest BCUT2D eigenvalue weighted by Gasteiger charge is 2.23. The fraction of sp³-hybridized carbons (Fsp3) is 0.182. The normalized spacial score (nSPS) is 11.7. The number of nitrogens with two attached hydrogens (primary N) is 1. The molecular weight excluding hydrogens is 311 g/mol. The summed E-state index contributed by atoms with van der Waals surface area (Å²) in [6.45, 7) is 0. The molecule has 5 nitrogen and oxygen atoms in total. The lowest BCUT2D eigenvalue weighted by Gasteiger charge is -2.06. The molecule has 102 valence electrons. The average molecular weight is 321 g/mol. The summed E-state index contributed by atoms with van der Waals surface area (Å²) in [7, 11) is -3.30. The van der Waals surface area contributed by atoms with E-state index in [0.29, 0.717) is 21.2 Å². The number of halogens is 2. The van der Waals surface area contributed by atoms with Crippen molar-refractivity contribution >= 4 is 38.9 Å². The Morgan fingerprint density at radius 3 is 2.37 bits per heavy atom. The van der Waals surface area contributed by atoms with Crippen LogP contribution in [0.25, 0.3) is 11.1 Å². The monoisotopic (exact) mass is 320 g/mol. The third kappa shape index (κ3) is 3.02. The Labute approximate surface area is 120 Å². The molecule has 1 heterocycles. The second-order valence-electron chi connectivity index (χ2n) is 4.03. The van der Waals surface area contributed by atoms with Crippen LogP contribution in [0.2, 0.25) is 10.0 Å². The molecule has 2 rings (SSSR count). The molecular formula is C11H10Cl2N2O3S. The Morgan fingerprint density at radius 2 is 1.84 bits per heavy atom. The largest absolute Gasteiger partial charge is 0.380 e. The molecule has 1 aromatic carbocycles. The summed E-state index contributed by atoms with van der Waals surface area (Å²) in [5.41, 5.74) is 6.45. The van der Waals surface area contributed by atoms with Gasteiger partial charge in [-0.1, -0.05) is 34.4 Å². The van der Waals surface area contributed by atoms with Crippen LogP contribution in [0.5, 0.6) is 0 Å². The van der Waals surface area contributed by atoms with Gasteiger partial charge in [0.1, 0.15) is 5.75 Å². The third-order valence-corrected chi connectivity index (χ3v) is 3.81. The van der Waals surface area contributed by atoms with Gasteiger partial charge in [-0.25, -0.2) is 8.42 Å². The fourth-order valence-corrected chi connectivity index (χ4v) is 2.94. The van der Waals surface area contributed by atoms with Crippen molar-refractivity contribution in [2.24, 2.45) is 0 Å². The maximum Gasteiger partial charge on any atom is 0.175 e. The van der Waals surface area contributed by atoms with E-state index in [0.717, 1.165) is 6.26 Å². The van der Waals surface area contributed by atoms with Crippen LogP contribution < -0.4 is 5.73 Å². The zero-order valence-corrected chi connectivity index (χ0v) is 12.2. The number of nitrogen functional groups attached to an aromatic ring is 1. The molecule has 0 aliphatic heterocycles. The Morgan fingerprint density at radius 1 is 1.26 bits per heavy atom. The maximum absolute atomic E-state index is 11.4. The van der Waals surface area contributed by atoms with Gasteiger partial charge in [-0.2, -0.15) is 0 Å². The molecule has 0 saturated heterocycles. The molecule has 2 aromatic rings.